The molecule has 3 nitrogen and oxygen atoms in total. The highest BCUT2D eigenvalue weighted by atomic mass is 32.1. The van der Waals surface area contributed by atoms with Crippen molar-refractivity contribution in [2.45, 2.75) is 24.7 Å². The second kappa shape index (κ2) is 8.14. The summed E-state index contributed by atoms with van der Waals surface area (Å²) in [6.07, 6.45) is 2.15. The zero-order chi connectivity index (χ0) is 12.5. The van der Waals surface area contributed by atoms with Crippen molar-refractivity contribution in [3.8, 4) is 0 Å². The van der Waals surface area contributed by atoms with Crippen molar-refractivity contribution in [3.63, 3.8) is 0 Å². The van der Waals surface area contributed by atoms with Gasteiger partial charge in [-0.25, -0.2) is 4.79 Å². The molecule has 0 aliphatic heterocycles. The predicted octanol–water partition coefficient (Wildman–Crippen LogP) is 2.95. The molecule has 0 aliphatic carbocycles. The van der Waals surface area contributed by atoms with Gasteiger partial charge in [0.15, 0.2) is 0 Å². The molecule has 0 atom stereocenters. The van der Waals surface area contributed by atoms with Crippen LogP contribution in [0.5, 0.6) is 0 Å². The van der Waals surface area contributed by atoms with Crippen LogP contribution in [0.1, 0.15) is 30.1 Å². The first kappa shape index (κ1) is 14.1. The van der Waals surface area contributed by atoms with Gasteiger partial charge >= 0.3 is 5.97 Å². The van der Waals surface area contributed by atoms with Crippen molar-refractivity contribution < 1.29 is 14.3 Å². The molecule has 17 heavy (non-hydrogen) atoms. The fourth-order valence-electron chi connectivity index (χ4n) is 1.22. The Bertz CT molecular complexity index is 335. The normalized spacial score (nSPS) is 10.2. The van der Waals surface area contributed by atoms with Gasteiger partial charge in [0.05, 0.1) is 12.2 Å². The Morgan fingerprint density at radius 1 is 1.18 bits per heavy atom. The summed E-state index contributed by atoms with van der Waals surface area (Å²) in [5, 5.41) is 0. The van der Waals surface area contributed by atoms with Gasteiger partial charge < -0.3 is 9.47 Å². The number of ether oxygens (including phenoxy) is 2. The van der Waals surface area contributed by atoms with Gasteiger partial charge in [-0.2, -0.15) is 0 Å². The molecule has 0 bridgehead atoms. The van der Waals surface area contributed by atoms with E-state index in [1.165, 1.54) is 0 Å². The summed E-state index contributed by atoms with van der Waals surface area (Å²) in [6, 6.07) is 6.92. The van der Waals surface area contributed by atoms with Crippen LogP contribution in [0.15, 0.2) is 29.2 Å². The first-order valence-corrected chi connectivity index (χ1v) is 6.22. The van der Waals surface area contributed by atoms with Crippen LogP contribution in [0.2, 0.25) is 0 Å². The molecule has 0 radical (unpaired) electrons. The summed E-state index contributed by atoms with van der Waals surface area (Å²) in [4.78, 5) is 12.4. The molecule has 0 saturated carbocycles. The van der Waals surface area contributed by atoms with Crippen LogP contribution in [0.4, 0.5) is 0 Å². The number of hydrogen-bond donors (Lipinski definition) is 1. The lowest BCUT2D eigenvalue weighted by Gasteiger charge is -2.05. The molecule has 0 saturated heterocycles. The van der Waals surface area contributed by atoms with E-state index in [4.69, 9.17) is 9.47 Å². The third-order valence-corrected chi connectivity index (χ3v) is 2.50. The van der Waals surface area contributed by atoms with Crippen LogP contribution in [-0.2, 0) is 9.47 Å². The second-order valence-corrected chi connectivity index (χ2v) is 4.17. The van der Waals surface area contributed by atoms with Gasteiger partial charge in [0.2, 0.25) is 0 Å². The van der Waals surface area contributed by atoms with E-state index in [-0.39, 0.29) is 5.97 Å². The smallest absolute Gasteiger partial charge is 0.338 e. The molecule has 0 fully saturated rings. The van der Waals surface area contributed by atoms with Crippen molar-refractivity contribution in [2.75, 3.05) is 19.8 Å². The Balaban J connectivity index is 2.19. The molecule has 0 amide bonds. The van der Waals surface area contributed by atoms with Crippen LogP contribution < -0.4 is 0 Å². The van der Waals surface area contributed by atoms with E-state index in [1.54, 1.807) is 24.3 Å². The number of benzene rings is 1. The zero-order valence-corrected chi connectivity index (χ0v) is 10.9. The van der Waals surface area contributed by atoms with Crippen LogP contribution in [-0.4, -0.2) is 25.8 Å². The standard InChI is InChI=1S/C13H18O3S/c1-2-3-8-15-9-10-16-13(14)11-4-6-12(17)7-5-11/h4-7,17H,2-3,8-10H2,1H3. The molecule has 0 unspecified atom stereocenters. The molecule has 1 rings (SSSR count). The SMILES string of the molecule is CCCCOCCOC(=O)c1ccc(S)cc1. The Morgan fingerprint density at radius 3 is 2.53 bits per heavy atom. The fourth-order valence-corrected chi connectivity index (χ4v) is 1.37. The molecule has 1 aromatic rings. The van der Waals surface area contributed by atoms with Crippen LogP contribution in [0.3, 0.4) is 0 Å². The minimum Gasteiger partial charge on any atom is -0.460 e. The number of esters is 1. The molecule has 0 N–H and O–H groups in total. The monoisotopic (exact) mass is 254 g/mol. The average Bonchev–Trinajstić information content (AvgIpc) is 2.34. The molecule has 0 heterocycles. The number of carbonyl (C=O) groups excluding carboxylic acids is 1. The molecule has 0 aliphatic rings. The maximum atomic E-state index is 11.5. The Hall–Kier alpha value is -1.00. The molecule has 94 valence electrons. The third-order valence-electron chi connectivity index (χ3n) is 2.21. The Morgan fingerprint density at radius 2 is 1.88 bits per heavy atom. The van der Waals surface area contributed by atoms with Crippen molar-refractivity contribution in [3.05, 3.63) is 29.8 Å². The summed E-state index contributed by atoms with van der Waals surface area (Å²) < 4.78 is 10.3. The lowest BCUT2D eigenvalue weighted by molar-refractivity contribution is 0.0314. The molecular weight excluding hydrogens is 236 g/mol. The Labute approximate surface area is 108 Å². The maximum Gasteiger partial charge on any atom is 0.338 e. The van der Waals surface area contributed by atoms with Crippen molar-refractivity contribution in [1.29, 1.82) is 0 Å². The summed E-state index contributed by atoms with van der Waals surface area (Å²) in [5.74, 6) is -0.322. The molecular formula is C13H18O3S. The lowest BCUT2D eigenvalue weighted by Crippen LogP contribution is -2.11. The highest BCUT2D eigenvalue weighted by molar-refractivity contribution is 7.80. The summed E-state index contributed by atoms with van der Waals surface area (Å²) >= 11 is 4.15. The van der Waals surface area contributed by atoms with Crippen molar-refractivity contribution in [2.24, 2.45) is 0 Å². The minimum atomic E-state index is -0.322. The van der Waals surface area contributed by atoms with Gasteiger partial charge in [-0.3, -0.25) is 0 Å². The number of hydrogen-bond acceptors (Lipinski definition) is 4. The van der Waals surface area contributed by atoms with E-state index >= 15 is 0 Å². The third kappa shape index (κ3) is 5.75. The molecule has 4 heteroatoms. The topological polar surface area (TPSA) is 35.5 Å². The number of unbranched alkanes of at least 4 members (excludes halogenated alkanes) is 1. The van der Waals surface area contributed by atoms with Gasteiger partial charge in [-0.15, -0.1) is 12.6 Å². The summed E-state index contributed by atoms with van der Waals surface area (Å²) in [6.45, 7) is 3.58. The van der Waals surface area contributed by atoms with E-state index in [0.29, 0.717) is 18.8 Å². The van der Waals surface area contributed by atoms with Crippen LogP contribution in [0, 0.1) is 0 Å². The zero-order valence-electron chi connectivity index (χ0n) is 10.0. The van der Waals surface area contributed by atoms with Crippen molar-refractivity contribution in [1.82, 2.24) is 0 Å². The number of carbonyl (C=O) groups is 1. The van der Waals surface area contributed by atoms with Gasteiger partial charge in [-0.1, -0.05) is 13.3 Å². The highest BCUT2D eigenvalue weighted by Gasteiger charge is 2.05. The fraction of sp³-hybridized carbons (Fsp3) is 0.462. The summed E-state index contributed by atoms with van der Waals surface area (Å²) in [5.41, 5.74) is 0.538. The predicted molar refractivity (Wildman–Crippen MR) is 69.7 cm³/mol. The maximum absolute atomic E-state index is 11.5. The van der Waals surface area contributed by atoms with E-state index in [1.807, 2.05) is 0 Å². The minimum absolute atomic E-state index is 0.297. The van der Waals surface area contributed by atoms with Crippen LogP contribution in [0.25, 0.3) is 0 Å². The second-order valence-electron chi connectivity index (χ2n) is 3.65. The first-order valence-electron chi connectivity index (χ1n) is 5.78. The lowest BCUT2D eigenvalue weighted by atomic mass is 10.2. The highest BCUT2D eigenvalue weighted by Crippen LogP contribution is 2.08. The number of rotatable bonds is 7. The summed E-state index contributed by atoms with van der Waals surface area (Å²) in [7, 11) is 0. The molecule has 0 spiro atoms. The van der Waals surface area contributed by atoms with Crippen LogP contribution >= 0.6 is 12.6 Å². The van der Waals surface area contributed by atoms with E-state index in [9.17, 15) is 4.79 Å². The van der Waals surface area contributed by atoms with Gasteiger partial charge in [0.1, 0.15) is 6.61 Å². The molecule has 0 aromatic heterocycles. The van der Waals surface area contributed by atoms with E-state index < -0.39 is 0 Å². The van der Waals surface area contributed by atoms with E-state index in [0.717, 1.165) is 24.3 Å². The van der Waals surface area contributed by atoms with Crippen molar-refractivity contribution >= 4 is 18.6 Å². The van der Waals surface area contributed by atoms with Gasteiger partial charge in [0, 0.05) is 11.5 Å². The van der Waals surface area contributed by atoms with Gasteiger partial charge in [0.25, 0.3) is 0 Å². The number of thiol groups is 1. The first-order chi connectivity index (χ1) is 8.24. The van der Waals surface area contributed by atoms with E-state index in [2.05, 4.69) is 19.6 Å². The van der Waals surface area contributed by atoms with Gasteiger partial charge in [-0.05, 0) is 30.7 Å². The molecule has 1 aromatic carbocycles. The quantitative estimate of drug-likeness (QED) is 0.461. The largest absolute Gasteiger partial charge is 0.460 e. The average molecular weight is 254 g/mol. The Kier molecular flexibility index (Phi) is 6.74.